The minimum Gasteiger partial charge on any atom is -0.497 e. The molecule has 0 spiro atoms. The van der Waals surface area contributed by atoms with Gasteiger partial charge in [0.1, 0.15) is 23.4 Å². The summed E-state index contributed by atoms with van der Waals surface area (Å²) in [6.07, 6.45) is 3.67. The fraction of sp³-hybridized carbons (Fsp3) is 0.154. The maximum absolute atomic E-state index is 13.9. The van der Waals surface area contributed by atoms with Crippen molar-refractivity contribution in [3.63, 3.8) is 0 Å². The van der Waals surface area contributed by atoms with Crippen molar-refractivity contribution in [2.24, 2.45) is 0 Å². The topological polar surface area (TPSA) is 51.5 Å². The normalized spacial score (nSPS) is 17.4. The Hall–Kier alpha value is -3.62. The van der Waals surface area contributed by atoms with E-state index in [9.17, 15) is 4.39 Å². The van der Waals surface area contributed by atoms with E-state index < -0.39 is 5.82 Å². The molecule has 0 amide bonds. The van der Waals surface area contributed by atoms with Crippen LogP contribution in [0.15, 0.2) is 79.1 Å². The fourth-order valence-electron chi connectivity index (χ4n) is 4.40. The number of pyridine rings is 1. The number of hydrogen-bond donors (Lipinski definition) is 1. The van der Waals surface area contributed by atoms with Gasteiger partial charge in [0.05, 0.1) is 36.7 Å². The lowest BCUT2D eigenvalue weighted by atomic mass is 10.0. The van der Waals surface area contributed by atoms with E-state index >= 15 is 0 Å². The lowest BCUT2D eigenvalue weighted by Gasteiger charge is -2.30. The molecule has 1 fully saturated rings. The third-order valence-corrected chi connectivity index (χ3v) is 6.61. The summed E-state index contributed by atoms with van der Waals surface area (Å²) in [4.78, 5) is 6.62. The molecule has 0 radical (unpaired) electrons. The van der Waals surface area contributed by atoms with Crippen molar-refractivity contribution in [2.75, 3.05) is 19.1 Å². The molecule has 5 rings (SSSR count). The number of ether oxygens (including phenoxy) is 2. The van der Waals surface area contributed by atoms with Gasteiger partial charge in [-0.1, -0.05) is 17.7 Å². The number of halogens is 2. The van der Waals surface area contributed by atoms with E-state index in [1.807, 2.05) is 64.2 Å². The summed E-state index contributed by atoms with van der Waals surface area (Å²) in [6, 6.07) is 19.4. The van der Waals surface area contributed by atoms with Crippen molar-refractivity contribution in [3.8, 4) is 17.2 Å². The molecule has 2 aromatic carbocycles. The molecule has 0 aliphatic carbocycles. The van der Waals surface area contributed by atoms with Crippen molar-refractivity contribution in [1.29, 1.82) is 0 Å². The molecule has 0 saturated carbocycles. The Morgan fingerprint density at radius 3 is 2.60 bits per heavy atom. The van der Waals surface area contributed by atoms with Crippen molar-refractivity contribution >= 4 is 34.6 Å². The number of nitrogens with zero attached hydrogens (tertiary/aromatic N) is 3. The smallest absolute Gasteiger partial charge is 0.174 e. The van der Waals surface area contributed by atoms with Crippen LogP contribution in [0.25, 0.3) is 5.69 Å². The van der Waals surface area contributed by atoms with E-state index in [0.717, 1.165) is 22.8 Å². The first-order valence-electron chi connectivity index (χ1n) is 10.9. The highest BCUT2D eigenvalue weighted by Gasteiger charge is 2.43. The van der Waals surface area contributed by atoms with Gasteiger partial charge < -0.3 is 24.3 Å². The van der Waals surface area contributed by atoms with Gasteiger partial charge in [0.15, 0.2) is 5.11 Å². The maximum Gasteiger partial charge on any atom is 0.174 e. The Morgan fingerprint density at radius 1 is 1.03 bits per heavy atom. The third-order valence-electron chi connectivity index (χ3n) is 6.01. The predicted molar refractivity (Wildman–Crippen MR) is 138 cm³/mol. The van der Waals surface area contributed by atoms with Crippen LogP contribution in [0, 0.1) is 5.82 Å². The summed E-state index contributed by atoms with van der Waals surface area (Å²) in [5.41, 5.74) is 3.25. The number of methoxy groups -OCH3 is 2. The average Bonchev–Trinajstić information content (AvgIpc) is 3.50. The second-order valence-electron chi connectivity index (χ2n) is 7.94. The SMILES string of the molecule is COc1ccc(N2C(=S)N[C@H](c3ccccn3)[C@H]2c2cccn2-c2ccc(F)c(Cl)c2)c(OC)c1. The summed E-state index contributed by atoms with van der Waals surface area (Å²) in [6.45, 7) is 0. The molecule has 0 bridgehead atoms. The van der Waals surface area contributed by atoms with Gasteiger partial charge in [-0.25, -0.2) is 4.39 Å². The van der Waals surface area contributed by atoms with Gasteiger partial charge in [-0.15, -0.1) is 0 Å². The molecule has 1 saturated heterocycles. The molecule has 3 heterocycles. The van der Waals surface area contributed by atoms with E-state index in [2.05, 4.69) is 10.3 Å². The summed E-state index contributed by atoms with van der Waals surface area (Å²) in [5.74, 6) is 0.817. The largest absolute Gasteiger partial charge is 0.497 e. The van der Waals surface area contributed by atoms with Crippen LogP contribution < -0.4 is 19.7 Å². The van der Waals surface area contributed by atoms with Crippen LogP contribution in [0.3, 0.4) is 0 Å². The van der Waals surface area contributed by atoms with Crippen LogP contribution in [0.1, 0.15) is 23.5 Å². The van der Waals surface area contributed by atoms with Crippen LogP contribution in [0.5, 0.6) is 11.5 Å². The zero-order valence-electron chi connectivity index (χ0n) is 19.0. The molecule has 4 aromatic rings. The molecular weight excluding hydrogens is 487 g/mol. The van der Waals surface area contributed by atoms with Gasteiger partial charge >= 0.3 is 0 Å². The highest BCUT2D eigenvalue weighted by molar-refractivity contribution is 7.80. The van der Waals surface area contributed by atoms with Crippen LogP contribution in [0.4, 0.5) is 10.1 Å². The number of rotatable bonds is 6. The van der Waals surface area contributed by atoms with E-state index in [1.54, 1.807) is 32.5 Å². The monoisotopic (exact) mass is 508 g/mol. The standard InChI is InChI=1S/C26H22ClFN4O2S/c1-33-17-9-11-21(23(15-17)34-2)32-25(24(30-26(32)35)20-6-3-4-12-29-20)22-7-5-13-31(22)16-8-10-19(28)18(27)14-16/h3-15,24-25H,1-2H3,(H,30,35)/t24-,25-/m1/s1. The molecule has 2 atom stereocenters. The van der Waals surface area contributed by atoms with Gasteiger partial charge in [-0.3, -0.25) is 4.98 Å². The predicted octanol–water partition coefficient (Wildman–Crippen LogP) is 5.86. The number of anilines is 1. The lowest BCUT2D eigenvalue weighted by molar-refractivity contribution is 0.394. The Labute approximate surface area is 212 Å². The number of nitrogens with one attached hydrogen (secondary N) is 1. The van der Waals surface area contributed by atoms with Gasteiger partial charge in [0, 0.05) is 29.8 Å². The van der Waals surface area contributed by atoms with Crippen molar-refractivity contribution in [1.82, 2.24) is 14.9 Å². The van der Waals surface area contributed by atoms with Crippen LogP contribution in [0.2, 0.25) is 5.02 Å². The number of thiocarbonyl (C=S) groups is 1. The Bertz CT molecular complexity index is 1380. The molecule has 1 N–H and O–H groups in total. The highest BCUT2D eigenvalue weighted by atomic mass is 35.5. The van der Waals surface area contributed by atoms with Crippen molar-refractivity contribution < 1.29 is 13.9 Å². The molecule has 35 heavy (non-hydrogen) atoms. The minimum atomic E-state index is -0.469. The number of aromatic nitrogens is 2. The number of hydrogen-bond acceptors (Lipinski definition) is 4. The van der Waals surface area contributed by atoms with Gasteiger partial charge in [-0.2, -0.15) is 0 Å². The van der Waals surface area contributed by atoms with Crippen LogP contribution in [-0.4, -0.2) is 28.9 Å². The quantitative estimate of drug-likeness (QED) is 0.329. The Morgan fingerprint density at radius 2 is 1.89 bits per heavy atom. The van der Waals surface area contributed by atoms with E-state index in [-0.39, 0.29) is 17.1 Å². The van der Waals surface area contributed by atoms with Crippen molar-refractivity contribution in [3.05, 3.63) is 101 Å². The number of benzene rings is 2. The minimum absolute atomic E-state index is 0.0529. The molecule has 0 unspecified atom stereocenters. The second kappa shape index (κ2) is 9.56. The van der Waals surface area contributed by atoms with Crippen LogP contribution >= 0.6 is 23.8 Å². The fourth-order valence-corrected chi connectivity index (χ4v) is 4.92. The molecule has 1 aliphatic rings. The highest BCUT2D eigenvalue weighted by Crippen LogP contribution is 2.45. The van der Waals surface area contributed by atoms with Gasteiger partial charge in [0.2, 0.25) is 0 Å². The van der Waals surface area contributed by atoms with E-state index in [0.29, 0.717) is 16.6 Å². The summed E-state index contributed by atoms with van der Waals surface area (Å²) in [7, 11) is 3.22. The maximum atomic E-state index is 13.9. The first-order chi connectivity index (χ1) is 17.0. The second-order valence-corrected chi connectivity index (χ2v) is 8.73. The summed E-state index contributed by atoms with van der Waals surface area (Å²) >= 11 is 12.0. The third kappa shape index (κ3) is 4.19. The van der Waals surface area contributed by atoms with Crippen LogP contribution in [-0.2, 0) is 0 Å². The average molecular weight is 509 g/mol. The van der Waals surface area contributed by atoms with Gasteiger partial charge in [0.25, 0.3) is 0 Å². The summed E-state index contributed by atoms with van der Waals surface area (Å²) < 4.78 is 27.0. The first kappa shape index (κ1) is 23.1. The zero-order valence-corrected chi connectivity index (χ0v) is 20.6. The van der Waals surface area contributed by atoms with Crippen molar-refractivity contribution in [2.45, 2.75) is 12.1 Å². The molecule has 6 nitrogen and oxygen atoms in total. The molecule has 178 valence electrons. The van der Waals surface area contributed by atoms with E-state index in [4.69, 9.17) is 33.3 Å². The molecule has 2 aromatic heterocycles. The zero-order chi connectivity index (χ0) is 24.5. The lowest BCUT2D eigenvalue weighted by Crippen LogP contribution is -2.30. The summed E-state index contributed by atoms with van der Waals surface area (Å²) in [5, 5.41) is 4.02. The Balaban J connectivity index is 1.69. The molecular formula is C26H22ClFN4O2S. The van der Waals surface area contributed by atoms with Gasteiger partial charge in [-0.05, 0) is 66.8 Å². The first-order valence-corrected chi connectivity index (χ1v) is 11.7. The van der Waals surface area contributed by atoms with E-state index in [1.165, 1.54) is 6.07 Å². The Kier molecular flexibility index (Phi) is 6.32. The molecule has 1 aliphatic heterocycles. The molecule has 9 heteroatoms.